The molecule has 4 N–H and O–H groups in total. The molecule has 4 aromatic rings. The summed E-state index contributed by atoms with van der Waals surface area (Å²) in [5.74, 6) is -0.305. The maximum absolute atomic E-state index is 14.4. The van der Waals surface area contributed by atoms with Gasteiger partial charge in [-0.15, -0.1) is 0 Å². The first-order valence-corrected chi connectivity index (χ1v) is 11.3. The Kier molecular flexibility index (Phi) is 6.08. The van der Waals surface area contributed by atoms with Crippen molar-refractivity contribution in [2.24, 2.45) is 0 Å². The molecule has 2 aromatic carbocycles. The Morgan fingerprint density at radius 1 is 1.26 bits per heavy atom. The summed E-state index contributed by atoms with van der Waals surface area (Å²) in [5, 5.41) is 28.1. The number of aryl methyl sites for hydroxylation is 1. The lowest BCUT2D eigenvalue weighted by atomic mass is 9.82. The molecule has 1 aliphatic heterocycles. The number of hydrogen-bond acceptors (Lipinski definition) is 7. The van der Waals surface area contributed by atoms with Crippen LogP contribution in [0.5, 0.6) is 0 Å². The molecule has 5 rings (SSSR count). The van der Waals surface area contributed by atoms with E-state index in [0.29, 0.717) is 42.1 Å². The van der Waals surface area contributed by atoms with Crippen LogP contribution < -0.4 is 16.2 Å². The molecule has 2 aromatic heterocycles. The lowest BCUT2D eigenvalue weighted by Crippen LogP contribution is -2.24. The summed E-state index contributed by atoms with van der Waals surface area (Å²) < 4.78 is 16.2. The van der Waals surface area contributed by atoms with E-state index in [2.05, 4.69) is 55.2 Å². The van der Waals surface area contributed by atoms with E-state index in [0.717, 1.165) is 17.7 Å². The topological polar surface area (TPSA) is 121 Å². The fraction of sp³-hybridized carbons (Fsp3) is 0.333. The van der Waals surface area contributed by atoms with Gasteiger partial charge in [0.1, 0.15) is 18.0 Å². The van der Waals surface area contributed by atoms with Crippen molar-refractivity contribution in [3.05, 3.63) is 81.5 Å². The minimum absolute atomic E-state index is 0.0329. The molecule has 0 radical (unpaired) electrons. The van der Waals surface area contributed by atoms with Crippen molar-refractivity contribution in [1.82, 2.24) is 30.3 Å². The molecular weight excluding hydrogens is 437 g/mol. The molecule has 2 atom stereocenters. The molecule has 9 nitrogen and oxygen atoms in total. The highest BCUT2D eigenvalue weighted by Gasteiger charge is 2.36. The number of H-pyrrole nitrogens is 1. The minimum atomic E-state index is -0.491. The number of aliphatic hydroxyl groups excluding tert-OH is 1. The van der Waals surface area contributed by atoms with E-state index in [-0.39, 0.29) is 23.8 Å². The number of aromatic nitrogens is 5. The van der Waals surface area contributed by atoms with Crippen LogP contribution >= 0.6 is 0 Å². The van der Waals surface area contributed by atoms with Gasteiger partial charge in [-0.1, -0.05) is 24.3 Å². The van der Waals surface area contributed by atoms with Gasteiger partial charge in [-0.25, -0.2) is 19.2 Å². The van der Waals surface area contributed by atoms with Crippen LogP contribution in [0.25, 0.3) is 10.8 Å². The number of nitrogens with one attached hydrogen (secondary N) is 3. The van der Waals surface area contributed by atoms with E-state index in [1.165, 1.54) is 18.5 Å². The van der Waals surface area contributed by atoms with E-state index in [4.69, 9.17) is 0 Å². The summed E-state index contributed by atoms with van der Waals surface area (Å²) >= 11 is 0. The molecule has 3 heterocycles. The maximum Gasteiger partial charge on any atom is 0.272 e. The maximum atomic E-state index is 14.4. The van der Waals surface area contributed by atoms with E-state index >= 15 is 0 Å². The summed E-state index contributed by atoms with van der Waals surface area (Å²) in [6.45, 7) is 1.76. The number of halogens is 1. The van der Waals surface area contributed by atoms with Gasteiger partial charge < -0.3 is 15.7 Å². The normalized spacial score (nSPS) is 17.5. The number of rotatable bonds is 7. The van der Waals surface area contributed by atoms with Crippen molar-refractivity contribution in [1.29, 1.82) is 0 Å². The largest absolute Gasteiger partial charge is 0.396 e. The first-order valence-electron chi connectivity index (χ1n) is 11.3. The van der Waals surface area contributed by atoms with Crippen LogP contribution in [0.3, 0.4) is 0 Å². The first kappa shape index (κ1) is 22.2. The van der Waals surface area contributed by atoms with Crippen LogP contribution in [0.4, 0.5) is 10.1 Å². The van der Waals surface area contributed by atoms with Gasteiger partial charge in [0.15, 0.2) is 0 Å². The fourth-order valence-electron chi connectivity index (χ4n) is 4.79. The highest BCUT2D eigenvalue weighted by atomic mass is 19.1. The number of aromatic amines is 1. The highest BCUT2D eigenvalue weighted by molar-refractivity contribution is 5.96. The van der Waals surface area contributed by atoms with E-state index in [1.54, 1.807) is 4.68 Å². The molecule has 0 bridgehead atoms. The summed E-state index contributed by atoms with van der Waals surface area (Å²) in [5.41, 5.74) is 2.91. The Balaban J connectivity index is 1.72. The molecule has 2 unspecified atom stereocenters. The Hall–Kier alpha value is -3.63. The van der Waals surface area contributed by atoms with Gasteiger partial charge in [0.2, 0.25) is 0 Å². The Labute approximate surface area is 195 Å². The fourth-order valence-corrected chi connectivity index (χ4v) is 4.79. The van der Waals surface area contributed by atoms with E-state index in [1.807, 2.05) is 7.05 Å². The Morgan fingerprint density at radius 3 is 2.85 bits per heavy atom. The molecule has 34 heavy (non-hydrogen) atoms. The summed E-state index contributed by atoms with van der Waals surface area (Å²) in [6.07, 6.45) is 2.02. The zero-order chi connectivity index (χ0) is 23.7. The second-order valence-corrected chi connectivity index (χ2v) is 8.47. The Bertz CT molecular complexity index is 1370. The second kappa shape index (κ2) is 9.32. The third-order valence-corrected chi connectivity index (χ3v) is 6.33. The van der Waals surface area contributed by atoms with Crippen molar-refractivity contribution < 1.29 is 9.50 Å². The van der Waals surface area contributed by atoms with Crippen molar-refractivity contribution in [2.45, 2.75) is 31.3 Å². The van der Waals surface area contributed by atoms with Crippen LogP contribution in [0, 0.1) is 5.82 Å². The summed E-state index contributed by atoms with van der Waals surface area (Å²) in [7, 11) is 1.90. The zero-order valence-corrected chi connectivity index (χ0v) is 18.8. The van der Waals surface area contributed by atoms with Gasteiger partial charge in [-0.3, -0.25) is 4.79 Å². The minimum Gasteiger partial charge on any atom is -0.396 e. The monoisotopic (exact) mass is 463 g/mol. The Morgan fingerprint density at radius 2 is 2.09 bits per heavy atom. The number of hydrogen-bond donors (Lipinski definition) is 4. The molecule has 0 spiro atoms. The number of benzene rings is 2. The number of nitrogens with zero attached hydrogens (tertiary/aromatic N) is 4. The van der Waals surface area contributed by atoms with Crippen molar-refractivity contribution >= 4 is 16.5 Å². The first-order chi connectivity index (χ1) is 16.6. The standard InChI is InChI=1S/C24H26FN7O2/c1-26-11-14-3-5-15(6-4-14)18-12-27-19-10-16(25)9-17-20(19)22(30-31-24(17)34)21(18)23-28-13-29-32(23)7-2-8-33/h3-6,9-10,13,18,21,26-27,33H,2,7-8,11-12H2,1H3,(H,31,34). The third kappa shape index (κ3) is 3.95. The molecule has 0 fully saturated rings. The molecule has 10 heteroatoms. The zero-order valence-electron chi connectivity index (χ0n) is 18.8. The lowest BCUT2D eigenvalue weighted by molar-refractivity contribution is 0.275. The molecule has 1 aliphatic rings. The van der Waals surface area contributed by atoms with Crippen LogP contribution in [0.15, 0.2) is 47.5 Å². The lowest BCUT2D eigenvalue weighted by Gasteiger charge is -2.26. The van der Waals surface area contributed by atoms with Gasteiger partial charge in [-0.2, -0.15) is 10.2 Å². The molecule has 176 valence electrons. The SMILES string of the molecule is CNCc1ccc(C2CNc3cc(F)cc4c(=O)[nH]nc(c34)C2c2ncnn2CCCO)cc1. The highest BCUT2D eigenvalue weighted by Crippen LogP contribution is 2.43. The molecule has 0 aliphatic carbocycles. The van der Waals surface area contributed by atoms with Crippen molar-refractivity contribution in [3.8, 4) is 0 Å². The van der Waals surface area contributed by atoms with Gasteiger partial charge in [-0.05, 0) is 36.7 Å². The second-order valence-electron chi connectivity index (χ2n) is 8.47. The van der Waals surface area contributed by atoms with E-state index < -0.39 is 11.4 Å². The average Bonchev–Trinajstić information content (AvgIpc) is 3.23. The van der Waals surface area contributed by atoms with E-state index in [9.17, 15) is 14.3 Å². The molecule has 0 amide bonds. The number of anilines is 1. The average molecular weight is 464 g/mol. The van der Waals surface area contributed by atoms with Crippen molar-refractivity contribution in [3.63, 3.8) is 0 Å². The van der Waals surface area contributed by atoms with Gasteiger partial charge in [0, 0.05) is 43.2 Å². The predicted molar refractivity (Wildman–Crippen MR) is 126 cm³/mol. The van der Waals surface area contributed by atoms with Gasteiger partial charge in [0.05, 0.1) is 17.0 Å². The number of aliphatic hydroxyl groups is 1. The summed E-state index contributed by atoms with van der Waals surface area (Å²) in [4.78, 5) is 17.1. The van der Waals surface area contributed by atoms with Crippen LogP contribution in [0.1, 0.15) is 40.9 Å². The summed E-state index contributed by atoms with van der Waals surface area (Å²) in [6, 6.07) is 11.0. The smallest absolute Gasteiger partial charge is 0.272 e. The van der Waals surface area contributed by atoms with Crippen molar-refractivity contribution in [2.75, 3.05) is 25.5 Å². The van der Waals surface area contributed by atoms with Gasteiger partial charge >= 0.3 is 0 Å². The molecule has 0 saturated carbocycles. The quantitative estimate of drug-likeness (QED) is 0.331. The van der Waals surface area contributed by atoms with Crippen LogP contribution in [0.2, 0.25) is 0 Å². The molecule has 0 saturated heterocycles. The molecular formula is C24H26FN7O2. The van der Waals surface area contributed by atoms with Gasteiger partial charge in [0.25, 0.3) is 5.56 Å². The predicted octanol–water partition coefficient (Wildman–Crippen LogP) is 2.10. The van der Waals surface area contributed by atoms with Crippen LogP contribution in [-0.4, -0.2) is 50.3 Å². The van der Waals surface area contributed by atoms with Crippen LogP contribution in [-0.2, 0) is 13.1 Å². The third-order valence-electron chi connectivity index (χ3n) is 6.33.